The summed E-state index contributed by atoms with van der Waals surface area (Å²) in [6.07, 6.45) is 6.92. The largest absolute Gasteiger partial charge is 0.481 e. The summed E-state index contributed by atoms with van der Waals surface area (Å²) in [6.45, 7) is 1.16. The molecule has 1 amide bonds. The van der Waals surface area contributed by atoms with Crippen LogP contribution in [-0.2, 0) is 14.3 Å². The number of amides is 1. The van der Waals surface area contributed by atoms with Gasteiger partial charge in [-0.3, -0.25) is 9.59 Å². The van der Waals surface area contributed by atoms with E-state index < -0.39 is 5.97 Å². The molecule has 0 spiro atoms. The SMILES string of the molecule is O=C(O)CCN(C(=O)CCC1CCCCO1)C1CC1. The number of carboxylic acid groups (broad SMARTS) is 1. The van der Waals surface area contributed by atoms with E-state index in [-0.39, 0.29) is 18.4 Å². The third-order valence-corrected chi connectivity index (χ3v) is 3.83. The fourth-order valence-corrected chi connectivity index (χ4v) is 2.58. The maximum absolute atomic E-state index is 12.2. The number of carbonyl (C=O) groups excluding carboxylic acids is 1. The van der Waals surface area contributed by atoms with Crippen LogP contribution in [0.1, 0.15) is 51.4 Å². The molecule has 2 rings (SSSR count). The van der Waals surface area contributed by atoms with Crippen LogP contribution in [0.25, 0.3) is 0 Å². The minimum atomic E-state index is -0.839. The molecule has 0 aromatic carbocycles. The van der Waals surface area contributed by atoms with Crippen LogP contribution in [0, 0.1) is 0 Å². The van der Waals surface area contributed by atoms with Crippen molar-refractivity contribution in [1.82, 2.24) is 4.90 Å². The third-order valence-electron chi connectivity index (χ3n) is 3.83. The summed E-state index contributed by atoms with van der Waals surface area (Å²) in [5, 5.41) is 8.72. The fourth-order valence-electron chi connectivity index (χ4n) is 2.58. The number of hydrogen-bond acceptors (Lipinski definition) is 3. The van der Waals surface area contributed by atoms with Crippen LogP contribution in [0.15, 0.2) is 0 Å². The van der Waals surface area contributed by atoms with Crippen LogP contribution < -0.4 is 0 Å². The van der Waals surface area contributed by atoms with Crippen molar-refractivity contribution in [3.8, 4) is 0 Å². The average Bonchev–Trinajstić information content (AvgIpc) is 3.22. The van der Waals surface area contributed by atoms with Gasteiger partial charge < -0.3 is 14.7 Å². The van der Waals surface area contributed by atoms with Gasteiger partial charge in [0.15, 0.2) is 0 Å². The summed E-state index contributed by atoms with van der Waals surface area (Å²) in [7, 11) is 0. The molecule has 2 fully saturated rings. The van der Waals surface area contributed by atoms with Crippen molar-refractivity contribution in [2.24, 2.45) is 0 Å². The van der Waals surface area contributed by atoms with Gasteiger partial charge in [0.25, 0.3) is 0 Å². The lowest BCUT2D eigenvalue weighted by Gasteiger charge is -2.25. The number of hydrogen-bond donors (Lipinski definition) is 1. The Morgan fingerprint density at radius 2 is 1.95 bits per heavy atom. The minimum absolute atomic E-state index is 0.0438. The van der Waals surface area contributed by atoms with Gasteiger partial charge in [-0.15, -0.1) is 0 Å². The van der Waals surface area contributed by atoms with E-state index in [4.69, 9.17) is 9.84 Å². The Hall–Kier alpha value is -1.10. The lowest BCUT2D eigenvalue weighted by molar-refractivity contribution is -0.139. The second-order valence-electron chi connectivity index (χ2n) is 5.49. The van der Waals surface area contributed by atoms with E-state index in [1.54, 1.807) is 4.90 Å². The molecule has 19 heavy (non-hydrogen) atoms. The molecule has 5 nitrogen and oxygen atoms in total. The van der Waals surface area contributed by atoms with Gasteiger partial charge in [0.05, 0.1) is 12.5 Å². The first-order chi connectivity index (χ1) is 9.16. The second kappa shape index (κ2) is 6.89. The molecule has 2 aliphatic rings. The van der Waals surface area contributed by atoms with E-state index >= 15 is 0 Å². The number of carbonyl (C=O) groups is 2. The molecule has 1 saturated carbocycles. The van der Waals surface area contributed by atoms with Crippen molar-refractivity contribution >= 4 is 11.9 Å². The number of aliphatic carboxylic acids is 1. The van der Waals surface area contributed by atoms with Gasteiger partial charge in [-0.1, -0.05) is 0 Å². The van der Waals surface area contributed by atoms with E-state index in [2.05, 4.69) is 0 Å². The first-order valence-corrected chi connectivity index (χ1v) is 7.29. The highest BCUT2D eigenvalue weighted by molar-refractivity contribution is 5.77. The molecule has 1 aliphatic heterocycles. The second-order valence-corrected chi connectivity index (χ2v) is 5.49. The first kappa shape index (κ1) is 14.3. The first-order valence-electron chi connectivity index (χ1n) is 7.29. The molecular weight excluding hydrogens is 246 g/mol. The minimum Gasteiger partial charge on any atom is -0.481 e. The molecule has 1 unspecified atom stereocenters. The number of nitrogens with zero attached hydrogens (tertiary/aromatic N) is 1. The predicted octanol–water partition coefficient (Wildman–Crippen LogP) is 1.80. The zero-order chi connectivity index (χ0) is 13.7. The molecule has 108 valence electrons. The summed E-state index contributed by atoms with van der Waals surface area (Å²) < 4.78 is 5.62. The van der Waals surface area contributed by atoms with Crippen LogP contribution in [0.3, 0.4) is 0 Å². The molecule has 5 heteroatoms. The van der Waals surface area contributed by atoms with Gasteiger partial charge in [0.1, 0.15) is 0 Å². The van der Waals surface area contributed by atoms with Gasteiger partial charge in [-0.25, -0.2) is 0 Å². The van der Waals surface area contributed by atoms with E-state index in [9.17, 15) is 9.59 Å². The molecular formula is C14H23NO4. The van der Waals surface area contributed by atoms with Crippen molar-refractivity contribution in [1.29, 1.82) is 0 Å². The van der Waals surface area contributed by atoms with Gasteiger partial charge >= 0.3 is 5.97 Å². The summed E-state index contributed by atoms with van der Waals surface area (Å²) in [5.41, 5.74) is 0. The summed E-state index contributed by atoms with van der Waals surface area (Å²) in [4.78, 5) is 24.5. The van der Waals surface area contributed by atoms with Crippen molar-refractivity contribution in [2.75, 3.05) is 13.2 Å². The molecule has 1 atom stereocenters. The van der Waals surface area contributed by atoms with Crippen molar-refractivity contribution in [3.63, 3.8) is 0 Å². The molecule has 1 heterocycles. The molecule has 0 aromatic heterocycles. The van der Waals surface area contributed by atoms with Crippen molar-refractivity contribution < 1.29 is 19.4 Å². The van der Waals surface area contributed by atoms with Crippen LogP contribution in [0.4, 0.5) is 0 Å². The maximum Gasteiger partial charge on any atom is 0.305 e. The number of rotatable bonds is 7. The Bertz CT molecular complexity index is 321. The molecule has 1 aliphatic carbocycles. The smallest absolute Gasteiger partial charge is 0.305 e. The van der Waals surface area contributed by atoms with Crippen LogP contribution in [0.5, 0.6) is 0 Å². The topological polar surface area (TPSA) is 66.8 Å². The highest BCUT2D eigenvalue weighted by atomic mass is 16.5. The Morgan fingerprint density at radius 1 is 1.16 bits per heavy atom. The van der Waals surface area contributed by atoms with Crippen molar-refractivity contribution in [3.05, 3.63) is 0 Å². The van der Waals surface area contributed by atoms with E-state index in [1.165, 1.54) is 6.42 Å². The van der Waals surface area contributed by atoms with E-state index in [0.29, 0.717) is 19.0 Å². The summed E-state index contributed by atoms with van der Waals surface area (Å²) in [5.74, 6) is -0.744. The summed E-state index contributed by atoms with van der Waals surface area (Å²) >= 11 is 0. The van der Waals surface area contributed by atoms with E-state index in [1.807, 2.05) is 0 Å². The molecule has 0 bridgehead atoms. The normalized spacial score (nSPS) is 23.1. The van der Waals surface area contributed by atoms with Crippen LogP contribution in [-0.4, -0.2) is 47.2 Å². The molecule has 0 aromatic rings. The number of carboxylic acids is 1. The molecule has 1 saturated heterocycles. The fraction of sp³-hybridized carbons (Fsp3) is 0.857. The lowest BCUT2D eigenvalue weighted by atomic mass is 10.0. The monoisotopic (exact) mass is 269 g/mol. The Kier molecular flexibility index (Phi) is 5.19. The van der Waals surface area contributed by atoms with E-state index in [0.717, 1.165) is 38.7 Å². The Morgan fingerprint density at radius 3 is 2.53 bits per heavy atom. The van der Waals surface area contributed by atoms with Gasteiger partial charge in [0, 0.05) is 25.6 Å². The highest BCUT2D eigenvalue weighted by Crippen LogP contribution is 2.28. The predicted molar refractivity (Wildman–Crippen MR) is 69.8 cm³/mol. The molecule has 0 radical (unpaired) electrons. The Balaban J connectivity index is 1.73. The third kappa shape index (κ3) is 4.82. The standard InChI is InChI=1S/C14H23NO4/c16-13(7-6-12-3-1-2-10-19-12)15(11-4-5-11)9-8-14(17)18/h11-12H,1-10H2,(H,17,18). The summed E-state index contributed by atoms with van der Waals surface area (Å²) in [6, 6.07) is 0.291. The van der Waals surface area contributed by atoms with Gasteiger partial charge in [-0.05, 0) is 38.5 Å². The zero-order valence-corrected chi connectivity index (χ0v) is 11.3. The lowest BCUT2D eigenvalue weighted by Crippen LogP contribution is -2.35. The van der Waals surface area contributed by atoms with Crippen LogP contribution in [0.2, 0.25) is 0 Å². The zero-order valence-electron chi connectivity index (χ0n) is 11.3. The highest BCUT2D eigenvalue weighted by Gasteiger charge is 2.32. The quantitative estimate of drug-likeness (QED) is 0.765. The van der Waals surface area contributed by atoms with Crippen molar-refractivity contribution in [2.45, 2.75) is 63.5 Å². The number of ether oxygens (including phenoxy) is 1. The Labute approximate surface area is 113 Å². The van der Waals surface area contributed by atoms with Crippen LogP contribution >= 0.6 is 0 Å². The average molecular weight is 269 g/mol. The van der Waals surface area contributed by atoms with Gasteiger partial charge in [0.2, 0.25) is 5.91 Å². The van der Waals surface area contributed by atoms with Gasteiger partial charge in [-0.2, -0.15) is 0 Å². The molecule has 1 N–H and O–H groups in total. The maximum atomic E-state index is 12.2.